The zero-order valence-electron chi connectivity index (χ0n) is 13.3. The summed E-state index contributed by atoms with van der Waals surface area (Å²) < 4.78 is 44.2. The lowest BCUT2D eigenvalue weighted by molar-refractivity contribution is -0.135. The first-order valence-corrected chi connectivity index (χ1v) is 9.54. The Labute approximate surface area is 140 Å². The molecule has 0 atom stereocenters. The number of ether oxygens (including phenoxy) is 4. The van der Waals surface area contributed by atoms with E-state index in [2.05, 4.69) is 0 Å². The molecule has 1 fully saturated rings. The molecule has 24 heavy (non-hydrogen) atoms. The van der Waals surface area contributed by atoms with E-state index in [9.17, 15) is 13.2 Å². The molecule has 0 N–H and O–H groups in total. The Morgan fingerprint density at radius 3 is 2.62 bits per heavy atom. The first-order chi connectivity index (χ1) is 11.4. The Balaban J connectivity index is 1.74. The van der Waals surface area contributed by atoms with E-state index in [1.807, 2.05) is 6.07 Å². The molecule has 1 aromatic carbocycles. The van der Waals surface area contributed by atoms with Crippen LogP contribution >= 0.6 is 0 Å². The van der Waals surface area contributed by atoms with Gasteiger partial charge in [-0.25, -0.2) is 8.42 Å². The molecule has 0 aliphatic carbocycles. The molecule has 1 aromatic rings. The van der Waals surface area contributed by atoms with Crippen LogP contribution in [0.3, 0.4) is 0 Å². The predicted molar refractivity (Wildman–Crippen MR) is 83.4 cm³/mol. The van der Waals surface area contributed by atoms with Crippen LogP contribution in [0.2, 0.25) is 0 Å². The molecule has 8 nitrogen and oxygen atoms in total. The van der Waals surface area contributed by atoms with Gasteiger partial charge in [-0.05, 0) is 17.7 Å². The van der Waals surface area contributed by atoms with Crippen LogP contribution in [0.25, 0.3) is 0 Å². The van der Waals surface area contributed by atoms with Gasteiger partial charge in [0, 0.05) is 12.8 Å². The van der Waals surface area contributed by atoms with Gasteiger partial charge in [-0.3, -0.25) is 4.79 Å². The van der Waals surface area contributed by atoms with Crippen LogP contribution in [0.15, 0.2) is 18.2 Å². The summed E-state index contributed by atoms with van der Waals surface area (Å²) in [6.07, 6.45) is 0.495. The number of fused-ring (bicyclic) bond motifs is 1. The van der Waals surface area contributed by atoms with Crippen LogP contribution in [0.1, 0.15) is 5.56 Å². The van der Waals surface area contributed by atoms with E-state index in [-0.39, 0.29) is 19.9 Å². The summed E-state index contributed by atoms with van der Waals surface area (Å²) in [4.78, 5) is 13.8. The van der Waals surface area contributed by atoms with Crippen LogP contribution in [0, 0.1) is 0 Å². The number of sulfone groups is 1. The zero-order chi connectivity index (χ0) is 17.2. The van der Waals surface area contributed by atoms with Crippen molar-refractivity contribution in [1.82, 2.24) is 4.90 Å². The normalized spacial score (nSPS) is 17.2. The second-order valence-corrected chi connectivity index (χ2v) is 7.84. The molecule has 0 aromatic heterocycles. The summed E-state index contributed by atoms with van der Waals surface area (Å²) >= 11 is 0. The quantitative estimate of drug-likeness (QED) is 0.716. The van der Waals surface area contributed by atoms with E-state index in [1.165, 1.54) is 4.90 Å². The molecule has 2 aliphatic heterocycles. The molecule has 9 heteroatoms. The van der Waals surface area contributed by atoms with Crippen molar-refractivity contribution in [1.29, 1.82) is 0 Å². The number of amides is 1. The Bertz CT molecular complexity index is 713. The standard InChI is InChI=1S/C15H19NO7S/c1-24(18,19)9-14(17)16(8-15-20-4-5-21-15)7-11-2-3-12-13(6-11)23-10-22-12/h2-3,6,15H,4-5,7-10H2,1H3. The van der Waals surface area contributed by atoms with E-state index < -0.39 is 27.8 Å². The number of carbonyl (C=O) groups is 1. The van der Waals surface area contributed by atoms with Crippen molar-refractivity contribution in [2.45, 2.75) is 12.8 Å². The maximum absolute atomic E-state index is 12.4. The van der Waals surface area contributed by atoms with Gasteiger partial charge in [0.25, 0.3) is 0 Å². The minimum Gasteiger partial charge on any atom is -0.454 e. The fourth-order valence-electron chi connectivity index (χ4n) is 2.52. The van der Waals surface area contributed by atoms with Crippen LogP contribution in [0.5, 0.6) is 11.5 Å². The van der Waals surface area contributed by atoms with Crippen LogP contribution in [-0.2, 0) is 30.7 Å². The van der Waals surface area contributed by atoms with Gasteiger partial charge in [0.05, 0.1) is 19.8 Å². The average Bonchev–Trinajstić information content (AvgIpc) is 3.15. The molecule has 0 bridgehead atoms. The van der Waals surface area contributed by atoms with Crippen molar-refractivity contribution >= 4 is 15.7 Å². The number of carbonyl (C=O) groups excluding carboxylic acids is 1. The number of benzene rings is 1. The van der Waals surface area contributed by atoms with Gasteiger partial charge >= 0.3 is 0 Å². The van der Waals surface area contributed by atoms with E-state index in [0.717, 1.165) is 11.8 Å². The number of hydrogen-bond acceptors (Lipinski definition) is 7. The molecule has 0 unspecified atom stereocenters. The highest BCUT2D eigenvalue weighted by Gasteiger charge is 2.26. The summed E-state index contributed by atoms with van der Waals surface area (Å²) in [7, 11) is -3.42. The minimum absolute atomic E-state index is 0.166. The summed E-state index contributed by atoms with van der Waals surface area (Å²) in [6.45, 7) is 1.49. The summed E-state index contributed by atoms with van der Waals surface area (Å²) in [5, 5.41) is 0. The number of rotatable bonds is 6. The van der Waals surface area contributed by atoms with E-state index >= 15 is 0 Å². The largest absolute Gasteiger partial charge is 0.454 e. The lowest BCUT2D eigenvalue weighted by atomic mass is 10.2. The maximum Gasteiger partial charge on any atom is 0.238 e. The summed E-state index contributed by atoms with van der Waals surface area (Å²) in [5.74, 6) is 0.213. The third kappa shape index (κ3) is 4.37. The highest BCUT2D eigenvalue weighted by Crippen LogP contribution is 2.32. The van der Waals surface area contributed by atoms with E-state index in [0.29, 0.717) is 24.7 Å². The fourth-order valence-corrected chi connectivity index (χ4v) is 3.15. The zero-order valence-corrected chi connectivity index (χ0v) is 14.1. The van der Waals surface area contributed by atoms with Crippen LogP contribution in [-0.4, -0.2) is 64.1 Å². The fraction of sp³-hybridized carbons (Fsp3) is 0.533. The monoisotopic (exact) mass is 357 g/mol. The Morgan fingerprint density at radius 1 is 1.21 bits per heavy atom. The van der Waals surface area contributed by atoms with Gasteiger partial charge in [0.1, 0.15) is 5.75 Å². The van der Waals surface area contributed by atoms with Gasteiger partial charge in [-0.2, -0.15) is 0 Å². The lowest BCUT2D eigenvalue weighted by Gasteiger charge is -2.25. The summed E-state index contributed by atoms with van der Waals surface area (Å²) in [6, 6.07) is 5.35. The Hall–Kier alpha value is -1.84. The van der Waals surface area contributed by atoms with Gasteiger partial charge in [0.2, 0.25) is 12.7 Å². The Morgan fingerprint density at radius 2 is 1.92 bits per heavy atom. The van der Waals surface area contributed by atoms with Crippen molar-refractivity contribution in [3.05, 3.63) is 23.8 Å². The molecule has 0 radical (unpaired) electrons. The average molecular weight is 357 g/mol. The van der Waals surface area contributed by atoms with Gasteiger partial charge in [-0.1, -0.05) is 6.07 Å². The highest BCUT2D eigenvalue weighted by atomic mass is 32.2. The number of hydrogen-bond donors (Lipinski definition) is 0. The summed E-state index contributed by atoms with van der Waals surface area (Å²) in [5.41, 5.74) is 0.805. The van der Waals surface area contributed by atoms with Crippen molar-refractivity contribution in [3.63, 3.8) is 0 Å². The molecule has 0 spiro atoms. The third-order valence-corrected chi connectivity index (χ3v) is 4.38. The Kier molecular flexibility index (Phi) is 4.93. The first-order valence-electron chi connectivity index (χ1n) is 7.48. The molecule has 0 saturated carbocycles. The van der Waals surface area contributed by atoms with Crippen molar-refractivity contribution in [2.75, 3.05) is 38.6 Å². The molecular formula is C15H19NO7S. The first kappa shape index (κ1) is 17.0. The maximum atomic E-state index is 12.4. The second-order valence-electron chi connectivity index (χ2n) is 5.70. The van der Waals surface area contributed by atoms with Crippen molar-refractivity contribution in [3.8, 4) is 11.5 Å². The van der Waals surface area contributed by atoms with Crippen LogP contribution < -0.4 is 9.47 Å². The predicted octanol–water partition coefficient (Wildman–Crippen LogP) is 0.161. The van der Waals surface area contributed by atoms with Gasteiger partial charge in [-0.15, -0.1) is 0 Å². The van der Waals surface area contributed by atoms with E-state index in [4.69, 9.17) is 18.9 Å². The molecule has 2 heterocycles. The molecule has 2 aliphatic rings. The van der Waals surface area contributed by atoms with Gasteiger partial charge in [0.15, 0.2) is 27.6 Å². The SMILES string of the molecule is CS(=O)(=O)CC(=O)N(Cc1ccc2c(c1)OCO2)CC1OCCO1. The lowest BCUT2D eigenvalue weighted by Crippen LogP contribution is -2.40. The molecule has 1 saturated heterocycles. The number of nitrogens with zero attached hydrogens (tertiary/aromatic N) is 1. The third-order valence-electron chi connectivity index (χ3n) is 3.61. The van der Waals surface area contributed by atoms with Crippen LogP contribution in [0.4, 0.5) is 0 Å². The van der Waals surface area contributed by atoms with Crippen molar-refractivity contribution < 1.29 is 32.2 Å². The van der Waals surface area contributed by atoms with Gasteiger partial charge < -0.3 is 23.8 Å². The molecule has 132 valence electrons. The molecule has 3 rings (SSSR count). The molecular weight excluding hydrogens is 338 g/mol. The molecule has 1 amide bonds. The smallest absolute Gasteiger partial charge is 0.238 e. The highest BCUT2D eigenvalue weighted by molar-refractivity contribution is 7.91. The topological polar surface area (TPSA) is 91.4 Å². The minimum atomic E-state index is -3.42. The second kappa shape index (κ2) is 6.96. The van der Waals surface area contributed by atoms with Crippen molar-refractivity contribution in [2.24, 2.45) is 0 Å². The van der Waals surface area contributed by atoms with E-state index in [1.54, 1.807) is 12.1 Å².